The standard InChI is InChI=1S/C24H23Cl2N3O5/c1-14(28-23(31)20-22(30)19(33-3)12-13-27-20)24(32)34-29(2)21(15-4-8-17(25)9-5-15)16-6-10-18(26)11-7-16/h4-14,21,30H,1-3H3,(H,28,31)/t14-/m0/s1. The first-order valence-corrected chi connectivity index (χ1v) is 10.9. The van der Waals surface area contributed by atoms with Crippen molar-refractivity contribution in [1.29, 1.82) is 0 Å². The molecule has 0 bridgehead atoms. The molecule has 178 valence electrons. The molecule has 3 rings (SSSR count). The Morgan fingerprint density at radius 1 is 1.00 bits per heavy atom. The molecule has 0 unspecified atom stereocenters. The van der Waals surface area contributed by atoms with Crippen LogP contribution < -0.4 is 10.1 Å². The summed E-state index contributed by atoms with van der Waals surface area (Å²) in [6, 6.07) is 14.2. The topological polar surface area (TPSA) is 101 Å². The smallest absolute Gasteiger partial charge is 0.347 e. The first kappa shape index (κ1) is 25.3. The van der Waals surface area contributed by atoms with Gasteiger partial charge in [-0.3, -0.25) is 4.79 Å². The van der Waals surface area contributed by atoms with E-state index in [0.717, 1.165) is 11.1 Å². The molecule has 1 heterocycles. The van der Waals surface area contributed by atoms with Gasteiger partial charge in [0.2, 0.25) is 0 Å². The molecular formula is C24H23Cl2N3O5. The van der Waals surface area contributed by atoms with E-state index < -0.39 is 29.7 Å². The third kappa shape index (κ3) is 5.96. The number of halogens is 2. The van der Waals surface area contributed by atoms with Gasteiger partial charge in [0.1, 0.15) is 6.04 Å². The Hall–Kier alpha value is -3.33. The van der Waals surface area contributed by atoms with Crippen LogP contribution in [0.5, 0.6) is 11.5 Å². The molecule has 0 radical (unpaired) electrons. The number of nitrogens with zero attached hydrogens (tertiary/aromatic N) is 2. The summed E-state index contributed by atoms with van der Waals surface area (Å²) in [4.78, 5) is 34.7. The summed E-state index contributed by atoms with van der Waals surface area (Å²) in [5, 5.41) is 15.1. The highest BCUT2D eigenvalue weighted by Crippen LogP contribution is 2.30. The highest BCUT2D eigenvalue weighted by atomic mass is 35.5. The van der Waals surface area contributed by atoms with Crippen molar-refractivity contribution in [3.05, 3.63) is 87.7 Å². The number of hydrogen-bond acceptors (Lipinski definition) is 7. The van der Waals surface area contributed by atoms with Crippen LogP contribution in [-0.2, 0) is 9.63 Å². The van der Waals surface area contributed by atoms with E-state index in [1.54, 1.807) is 31.3 Å². The highest BCUT2D eigenvalue weighted by molar-refractivity contribution is 6.30. The first-order chi connectivity index (χ1) is 16.2. The molecule has 10 heteroatoms. The average Bonchev–Trinajstić information content (AvgIpc) is 2.81. The summed E-state index contributed by atoms with van der Waals surface area (Å²) in [7, 11) is 2.96. The van der Waals surface area contributed by atoms with Crippen LogP contribution in [0.2, 0.25) is 10.0 Å². The van der Waals surface area contributed by atoms with E-state index in [-0.39, 0.29) is 11.4 Å². The Bertz CT molecular complexity index is 1110. The molecular weight excluding hydrogens is 481 g/mol. The Morgan fingerprint density at radius 3 is 2.03 bits per heavy atom. The van der Waals surface area contributed by atoms with Crippen molar-refractivity contribution in [3.63, 3.8) is 0 Å². The molecule has 34 heavy (non-hydrogen) atoms. The van der Waals surface area contributed by atoms with Crippen LogP contribution in [-0.4, -0.2) is 47.2 Å². The highest BCUT2D eigenvalue weighted by Gasteiger charge is 2.27. The molecule has 2 aromatic carbocycles. The molecule has 1 atom stereocenters. The van der Waals surface area contributed by atoms with Gasteiger partial charge in [0.15, 0.2) is 17.2 Å². The van der Waals surface area contributed by atoms with Gasteiger partial charge in [-0.05, 0) is 42.3 Å². The Morgan fingerprint density at radius 2 is 1.53 bits per heavy atom. The van der Waals surface area contributed by atoms with Crippen LogP contribution in [0.3, 0.4) is 0 Å². The van der Waals surface area contributed by atoms with E-state index in [0.29, 0.717) is 10.0 Å². The number of aromatic hydroxyl groups is 1. The molecule has 0 aliphatic heterocycles. The van der Waals surface area contributed by atoms with Crippen molar-refractivity contribution < 1.29 is 24.3 Å². The Labute approximate surface area is 207 Å². The fourth-order valence-corrected chi connectivity index (χ4v) is 3.52. The molecule has 2 N–H and O–H groups in total. The van der Waals surface area contributed by atoms with E-state index in [1.807, 2.05) is 24.3 Å². The lowest BCUT2D eigenvalue weighted by Crippen LogP contribution is -2.42. The molecule has 0 fully saturated rings. The van der Waals surface area contributed by atoms with E-state index in [4.69, 9.17) is 32.8 Å². The van der Waals surface area contributed by atoms with Crippen LogP contribution in [0.4, 0.5) is 0 Å². The lowest BCUT2D eigenvalue weighted by atomic mass is 9.99. The molecule has 1 aromatic heterocycles. The van der Waals surface area contributed by atoms with Crippen molar-refractivity contribution >= 4 is 35.1 Å². The quantitative estimate of drug-likeness (QED) is 0.439. The maximum Gasteiger partial charge on any atom is 0.347 e. The summed E-state index contributed by atoms with van der Waals surface area (Å²) >= 11 is 12.1. The zero-order valence-corrected chi connectivity index (χ0v) is 20.2. The molecule has 1 amide bonds. The van der Waals surface area contributed by atoms with Gasteiger partial charge in [-0.25, -0.2) is 9.78 Å². The van der Waals surface area contributed by atoms with Gasteiger partial charge < -0.3 is 20.0 Å². The number of hydrogen-bond donors (Lipinski definition) is 2. The van der Waals surface area contributed by atoms with E-state index in [9.17, 15) is 14.7 Å². The normalized spacial score (nSPS) is 11.9. The predicted octanol–water partition coefficient (Wildman–Crippen LogP) is 4.40. The summed E-state index contributed by atoms with van der Waals surface area (Å²) in [6.07, 6.45) is 1.31. The summed E-state index contributed by atoms with van der Waals surface area (Å²) < 4.78 is 4.98. The lowest BCUT2D eigenvalue weighted by molar-refractivity contribution is -0.193. The molecule has 8 nitrogen and oxygen atoms in total. The third-order valence-corrected chi connectivity index (χ3v) is 5.50. The predicted molar refractivity (Wildman–Crippen MR) is 128 cm³/mol. The fraction of sp³-hybridized carbons (Fsp3) is 0.208. The molecule has 0 saturated carbocycles. The van der Waals surface area contributed by atoms with E-state index in [1.165, 1.54) is 31.4 Å². The maximum absolute atomic E-state index is 12.8. The number of benzene rings is 2. The number of ether oxygens (including phenoxy) is 1. The summed E-state index contributed by atoms with van der Waals surface area (Å²) in [5.74, 6) is -1.81. The zero-order valence-electron chi connectivity index (χ0n) is 18.7. The molecule has 3 aromatic rings. The molecule has 0 aliphatic rings. The largest absolute Gasteiger partial charge is 0.503 e. The number of aromatic nitrogens is 1. The number of methoxy groups -OCH3 is 1. The minimum absolute atomic E-state index is 0.0869. The summed E-state index contributed by atoms with van der Waals surface area (Å²) in [5.41, 5.74) is 1.38. The van der Waals surface area contributed by atoms with Gasteiger partial charge in [0.25, 0.3) is 5.91 Å². The number of carbonyl (C=O) groups is 2. The molecule has 0 aliphatic carbocycles. The van der Waals surface area contributed by atoms with Crippen molar-refractivity contribution in [2.24, 2.45) is 0 Å². The number of amides is 1. The molecule has 0 spiro atoms. The second-order valence-corrected chi connectivity index (χ2v) is 8.24. The van der Waals surface area contributed by atoms with Gasteiger partial charge in [0, 0.05) is 29.4 Å². The van der Waals surface area contributed by atoms with Crippen LogP contribution in [0.15, 0.2) is 60.8 Å². The van der Waals surface area contributed by atoms with Gasteiger partial charge in [0.05, 0.1) is 13.2 Å². The van der Waals surface area contributed by atoms with Crippen molar-refractivity contribution in [2.45, 2.75) is 19.0 Å². The number of carbonyl (C=O) groups excluding carboxylic acids is 2. The Kier molecular flexibility index (Phi) is 8.33. The monoisotopic (exact) mass is 503 g/mol. The average molecular weight is 504 g/mol. The number of pyridine rings is 1. The third-order valence-electron chi connectivity index (χ3n) is 4.99. The van der Waals surface area contributed by atoms with Gasteiger partial charge in [-0.1, -0.05) is 47.5 Å². The molecule has 0 saturated heterocycles. The summed E-state index contributed by atoms with van der Waals surface area (Å²) in [6.45, 7) is 1.46. The van der Waals surface area contributed by atoms with Crippen LogP contribution in [0.1, 0.15) is 34.6 Å². The first-order valence-electron chi connectivity index (χ1n) is 10.2. The second-order valence-electron chi connectivity index (χ2n) is 7.37. The fourth-order valence-electron chi connectivity index (χ4n) is 3.27. The SMILES string of the molecule is COc1ccnc(C(=O)N[C@@H](C)C(=O)ON(C)C(c2ccc(Cl)cc2)c2ccc(Cl)cc2)c1O. The lowest BCUT2D eigenvalue weighted by Gasteiger charge is -2.28. The van der Waals surface area contributed by atoms with E-state index in [2.05, 4.69) is 10.3 Å². The van der Waals surface area contributed by atoms with Crippen molar-refractivity contribution in [2.75, 3.05) is 14.2 Å². The maximum atomic E-state index is 12.8. The second kappa shape index (κ2) is 11.2. The van der Waals surface area contributed by atoms with Gasteiger partial charge >= 0.3 is 5.97 Å². The van der Waals surface area contributed by atoms with Gasteiger partial charge in [-0.15, -0.1) is 5.06 Å². The Balaban J connectivity index is 1.76. The zero-order chi connectivity index (χ0) is 24.8. The van der Waals surface area contributed by atoms with Crippen molar-refractivity contribution in [3.8, 4) is 11.5 Å². The minimum Gasteiger partial charge on any atom is -0.503 e. The van der Waals surface area contributed by atoms with Crippen molar-refractivity contribution in [1.82, 2.24) is 15.4 Å². The number of hydroxylamine groups is 2. The minimum atomic E-state index is -1.04. The number of nitrogens with one attached hydrogen (secondary N) is 1. The van der Waals surface area contributed by atoms with Crippen LogP contribution in [0, 0.1) is 0 Å². The van der Waals surface area contributed by atoms with E-state index >= 15 is 0 Å². The van der Waals surface area contributed by atoms with Crippen LogP contribution in [0.25, 0.3) is 0 Å². The number of rotatable bonds is 8. The van der Waals surface area contributed by atoms with Crippen LogP contribution >= 0.6 is 23.2 Å². The van der Waals surface area contributed by atoms with Gasteiger partial charge in [-0.2, -0.15) is 0 Å².